The lowest BCUT2D eigenvalue weighted by Crippen LogP contribution is -2.18. The van der Waals surface area contributed by atoms with Crippen LogP contribution in [-0.2, 0) is 19.1 Å². The fourth-order valence-electron chi connectivity index (χ4n) is 2.61. The third-order valence-electron chi connectivity index (χ3n) is 3.53. The molecule has 9 nitrogen and oxygen atoms in total. The van der Waals surface area contributed by atoms with Gasteiger partial charge in [-0.1, -0.05) is 18.2 Å². The maximum absolute atomic E-state index is 12.7. The van der Waals surface area contributed by atoms with Gasteiger partial charge in [-0.05, 0) is 26.0 Å². The Morgan fingerprint density at radius 2 is 1.17 bits per heavy atom. The van der Waals surface area contributed by atoms with Gasteiger partial charge in [0, 0.05) is 19.5 Å². The first-order chi connectivity index (χ1) is 13.8. The Kier molecular flexibility index (Phi) is 7.13. The van der Waals surface area contributed by atoms with Gasteiger partial charge in [-0.25, -0.2) is 9.59 Å². The fraction of sp³-hybridized carbons (Fsp3) is 0.300. The lowest BCUT2D eigenvalue weighted by Gasteiger charge is -2.12. The zero-order valence-electron chi connectivity index (χ0n) is 16.5. The van der Waals surface area contributed by atoms with E-state index in [2.05, 4.69) is 0 Å². The molecule has 0 aliphatic carbocycles. The number of benzene rings is 1. The van der Waals surface area contributed by atoms with Crippen LogP contribution >= 0.6 is 0 Å². The van der Waals surface area contributed by atoms with Crippen molar-refractivity contribution in [2.24, 2.45) is 0 Å². The Morgan fingerprint density at radius 3 is 1.52 bits per heavy atom. The first kappa shape index (κ1) is 21.7. The van der Waals surface area contributed by atoms with Crippen LogP contribution in [0.2, 0.25) is 0 Å². The van der Waals surface area contributed by atoms with Gasteiger partial charge in [-0.15, -0.1) is 0 Å². The first-order valence-electron chi connectivity index (χ1n) is 8.86. The van der Waals surface area contributed by atoms with Crippen LogP contribution in [0, 0.1) is 0 Å². The standard InChI is InChI=1S/C20H21NO8/c1-5-26-19(24)15-17(28-12(3)22)18(29-13(4)23)16(20(25)27-6-2)21(15)14-10-8-7-9-11-14/h7-11H,5-6H2,1-4H3. The number of carbonyl (C=O) groups is 4. The van der Waals surface area contributed by atoms with Crippen molar-refractivity contribution in [3.8, 4) is 17.2 Å². The van der Waals surface area contributed by atoms with Gasteiger partial charge in [0.1, 0.15) is 0 Å². The van der Waals surface area contributed by atoms with Gasteiger partial charge in [0.25, 0.3) is 0 Å². The third kappa shape index (κ3) is 4.81. The second-order valence-electron chi connectivity index (χ2n) is 5.65. The molecule has 9 heteroatoms. The van der Waals surface area contributed by atoms with Gasteiger partial charge in [0.05, 0.1) is 13.2 Å². The number of aromatic nitrogens is 1. The molecule has 0 aliphatic heterocycles. The molecule has 1 aromatic carbocycles. The van der Waals surface area contributed by atoms with E-state index in [1.54, 1.807) is 44.2 Å². The number of ether oxygens (including phenoxy) is 4. The highest BCUT2D eigenvalue weighted by Crippen LogP contribution is 2.41. The molecule has 29 heavy (non-hydrogen) atoms. The highest BCUT2D eigenvalue weighted by atomic mass is 16.6. The number of nitrogens with zero attached hydrogens (tertiary/aromatic N) is 1. The fourth-order valence-corrected chi connectivity index (χ4v) is 2.61. The molecular weight excluding hydrogens is 382 g/mol. The van der Waals surface area contributed by atoms with E-state index in [0.717, 1.165) is 13.8 Å². The summed E-state index contributed by atoms with van der Waals surface area (Å²) in [5.41, 5.74) is -0.203. The Hall–Kier alpha value is -3.62. The quantitative estimate of drug-likeness (QED) is 0.649. The predicted octanol–water partition coefficient (Wildman–Crippen LogP) is 2.68. The number of rotatable bonds is 7. The van der Waals surface area contributed by atoms with Crippen molar-refractivity contribution in [1.29, 1.82) is 0 Å². The summed E-state index contributed by atoms with van der Waals surface area (Å²) < 4.78 is 21.7. The largest absolute Gasteiger partial charge is 0.461 e. The summed E-state index contributed by atoms with van der Waals surface area (Å²) in [6.45, 7) is 5.45. The van der Waals surface area contributed by atoms with Gasteiger partial charge in [0.15, 0.2) is 11.4 Å². The third-order valence-corrected chi connectivity index (χ3v) is 3.53. The molecule has 0 saturated carbocycles. The van der Waals surface area contributed by atoms with E-state index < -0.39 is 35.4 Å². The summed E-state index contributed by atoms with van der Waals surface area (Å²) in [5, 5.41) is 0. The Morgan fingerprint density at radius 1 is 0.759 bits per heavy atom. The minimum atomic E-state index is -0.878. The van der Waals surface area contributed by atoms with E-state index in [0.29, 0.717) is 5.69 Å². The van der Waals surface area contributed by atoms with Gasteiger partial charge in [-0.2, -0.15) is 0 Å². The predicted molar refractivity (Wildman–Crippen MR) is 100 cm³/mol. The van der Waals surface area contributed by atoms with Crippen molar-refractivity contribution >= 4 is 23.9 Å². The van der Waals surface area contributed by atoms with Crippen LogP contribution in [0.4, 0.5) is 0 Å². The van der Waals surface area contributed by atoms with E-state index in [1.807, 2.05) is 0 Å². The van der Waals surface area contributed by atoms with Crippen molar-refractivity contribution in [3.05, 3.63) is 41.7 Å². The molecule has 0 N–H and O–H groups in total. The summed E-state index contributed by atoms with van der Waals surface area (Å²) in [5.74, 6) is -4.14. The minimum absolute atomic E-state index is 0.0238. The van der Waals surface area contributed by atoms with E-state index in [9.17, 15) is 19.2 Å². The average Bonchev–Trinajstić information content (AvgIpc) is 2.96. The number of hydrogen-bond acceptors (Lipinski definition) is 8. The molecule has 0 atom stereocenters. The van der Waals surface area contributed by atoms with Crippen molar-refractivity contribution < 1.29 is 38.1 Å². The molecule has 0 aliphatic rings. The molecule has 0 fully saturated rings. The highest BCUT2D eigenvalue weighted by molar-refractivity contribution is 6.02. The number of para-hydroxylation sites is 1. The van der Waals surface area contributed by atoms with E-state index in [-0.39, 0.29) is 24.6 Å². The van der Waals surface area contributed by atoms with Crippen LogP contribution in [0.3, 0.4) is 0 Å². The molecule has 0 amide bonds. The van der Waals surface area contributed by atoms with Crippen LogP contribution in [0.5, 0.6) is 11.5 Å². The van der Waals surface area contributed by atoms with Crippen molar-refractivity contribution in [2.75, 3.05) is 13.2 Å². The summed E-state index contributed by atoms with van der Waals surface area (Å²) >= 11 is 0. The molecule has 2 aromatic rings. The normalized spacial score (nSPS) is 10.2. The second-order valence-corrected chi connectivity index (χ2v) is 5.65. The zero-order valence-corrected chi connectivity index (χ0v) is 16.5. The lowest BCUT2D eigenvalue weighted by molar-refractivity contribution is -0.134. The second kappa shape index (κ2) is 9.54. The average molecular weight is 403 g/mol. The van der Waals surface area contributed by atoms with E-state index in [4.69, 9.17) is 18.9 Å². The van der Waals surface area contributed by atoms with E-state index in [1.165, 1.54) is 4.57 Å². The highest BCUT2D eigenvalue weighted by Gasteiger charge is 2.37. The Balaban J connectivity index is 2.96. The monoisotopic (exact) mass is 403 g/mol. The Labute approximate surface area is 167 Å². The molecule has 1 aromatic heterocycles. The molecule has 154 valence electrons. The molecule has 1 heterocycles. The summed E-state index contributed by atoms with van der Waals surface area (Å²) in [6.07, 6.45) is 0. The summed E-state index contributed by atoms with van der Waals surface area (Å²) in [7, 11) is 0. The van der Waals surface area contributed by atoms with Crippen LogP contribution in [0.25, 0.3) is 5.69 Å². The van der Waals surface area contributed by atoms with Crippen molar-refractivity contribution in [1.82, 2.24) is 4.57 Å². The van der Waals surface area contributed by atoms with Crippen LogP contribution in [-0.4, -0.2) is 41.7 Å². The van der Waals surface area contributed by atoms with Gasteiger partial charge < -0.3 is 18.9 Å². The van der Waals surface area contributed by atoms with E-state index >= 15 is 0 Å². The van der Waals surface area contributed by atoms with Gasteiger partial charge >= 0.3 is 23.9 Å². The summed E-state index contributed by atoms with van der Waals surface area (Å²) in [6, 6.07) is 8.31. The van der Waals surface area contributed by atoms with Crippen molar-refractivity contribution in [3.63, 3.8) is 0 Å². The summed E-state index contributed by atoms with van der Waals surface area (Å²) in [4.78, 5) is 48.9. The molecule has 0 radical (unpaired) electrons. The maximum Gasteiger partial charge on any atom is 0.359 e. The molecule has 2 rings (SSSR count). The zero-order chi connectivity index (χ0) is 21.6. The number of esters is 4. The minimum Gasteiger partial charge on any atom is -0.461 e. The number of hydrogen-bond donors (Lipinski definition) is 0. The lowest BCUT2D eigenvalue weighted by atomic mass is 10.3. The maximum atomic E-state index is 12.7. The SMILES string of the molecule is CCOC(=O)c1c(OC(C)=O)c(OC(C)=O)c(C(=O)OCC)n1-c1ccccc1. The molecule has 0 bridgehead atoms. The smallest absolute Gasteiger partial charge is 0.359 e. The van der Waals surface area contributed by atoms with Gasteiger partial charge in [-0.3, -0.25) is 14.2 Å². The van der Waals surface area contributed by atoms with Crippen molar-refractivity contribution in [2.45, 2.75) is 27.7 Å². The molecular formula is C20H21NO8. The van der Waals surface area contributed by atoms with Crippen LogP contribution < -0.4 is 9.47 Å². The number of carbonyl (C=O) groups excluding carboxylic acids is 4. The van der Waals surface area contributed by atoms with Crippen LogP contribution in [0.15, 0.2) is 30.3 Å². The molecule has 0 saturated heterocycles. The molecule has 0 spiro atoms. The topological polar surface area (TPSA) is 110 Å². The Bertz CT molecular complexity index is 874. The molecule has 0 unspecified atom stereocenters. The van der Waals surface area contributed by atoms with Crippen LogP contribution in [0.1, 0.15) is 48.7 Å². The first-order valence-corrected chi connectivity index (χ1v) is 8.86. The van der Waals surface area contributed by atoms with Gasteiger partial charge in [0.2, 0.25) is 11.5 Å².